The predicted molar refractivity (Wildman–Crippen MR) is 59.6 cm³/mol. The summed E-state index contributed by atoms with van der Waals surface area (Å²) < 4.78 is 2.25. The number of aromatic nitrogens is 3. The van der Waals surface area contributed by atoms with Crippen molar-refractivity contribution in [3.8, 4) is 0 Å². The Morgan fingerprint density at radius 1 is 1.40 bits per heavy atom. The topological polar surface area (TPSA) is 42.7 Å². The van der Waals surface area contributed by atoms with Crippen molar-refractivity contribution >= 4 is 0 Å². The molecule has 0 aromatic carbocycles. The van der Waals surface area contributed by atoms with Crippen LogP contribution in [0.2, 0.25) is 0 Å². The molecule has 1 fully saturated rings. The van der Waals surface area contributed by atoms with Crippen molar-refractivity contribution in [2.45, 2.75) is 52.1 Å². The Balaban J connectivity index is 2.18. The quantitative estimate of drug-likeness (QED) is 0.823. The summed E-state index contributed by atoms with van der Waals surface area (Å²) in [4.78, 5) is 0. The fourth-order valence-corrected chi connectivity index (χ4v) is 2.23. The number of hydrogen-bond donors (Lipinski definition) is 1. The summed E-state index contributed by atoms with van der Waals surface area (Å²) in [5.41, 5.74) is 0. The average Bonchev–Trinajstić information content (AvgIpc) is 2.63. The highest BCUT2D eigenvalue weighted by atomic mass is 15.3. The van der Waals surface area contributed by atoms with Gasteiger partial charge in [-0.3, -0.25) is 0 Å². The van der Waals surface area contributed by atoms with Crippen molar-refractivity contribution in [3.63, 3.8) is 0 Å². The van der Waals surface area contributed by atoms with Crippen molar-refractivity contribution in [2.75, 3.05) is 6.54 Å². The molecule has 1 N–H and O–H groups in total. The lowest BCUT2D eigenvalue weighted by Crippen LogP contribution is -2.29. The van der Waals surface area contributed by atoms with Crippen molar-refractivity contribution in [2.24, 2.45) is 0 Å². The third-order valence-electron chi connectivity index (χ3n) is 3.03. The van der Waals surface area contributed by atoms with E-state index in [-0.39, 0.29) is 0 Å². The fraction of sp³-hybridized carbons (Fsp3) is 0.818. The van der Waals surface area contributed by atoms with E-state index in [1.54, 1.807) is 0 Å². The summed E-state index contributed by atoms with van der Waals surface area (Å²) in [5, 5.41) is 12.0. The summed E-state index contributed by atoms with van der Waals surface area (Å²) in [7, 11) is 0. The number of rotatable bonds is 3. The molecule has 1 aliphatic rings. The summed E-state index contributed by atoms with van der Waals surface area (Å²) in [6.45, 7) is 6.38. The number of nitrogens with zero attached hydrogens (tertiary/aromatic N) is 3. The standard InChI is InChI=1S/C11H20N4/c1-3-8-15-9(2)13-14-11(15)10-6-4-5-7-12-10/h10,12H,3-8H2,1-2H3/t10-/m0/s1. The molecule has 1 aromatic rings. The van der Waals surface area contributed by atoms with Gasteiger partial charge in [-0.2, -0.15) is 0 Å². The number of piperidine rings is 1. The molecular weight excluding hydrogens is 188 g/mol. The van der Waals surface area contributed by atoms with Crippen LogP contribution in [0.1, 0.15) is 50.3 Å². The maximum absolute atomic E-state index is 4.31. The predicted octanol–water partition coefficient (Wildman–Crippen LogP) is 1.81. The molecule has 15 heavy (non-hydrogen) atoms. The molecule has 0 amide bonds. The Morgan fingerprint density at radius 2 is 2.27 bits per heavy atom. The molecule has 4 heteroatoms. The van der Waals surface area contributed by atoms with Crippen LogP contribution in [0.15, 0.2) is 0 Å². The molecule has 0 spiro atoms. The van der Waals surface area contributed by atoms with Crippen molar-refractivity contribution in [1.82, 2.24) is 20.1 Å². The Hall–Kier alpha value is -0.900. The van der Waals surface area contributed by atoms with E-state index in [4.69, 9.17) is 0 Å². The number of aryl methyl sites for hydroxylation is 1. The van der Waals surface area contributed by atoms with Crippen molar-refractivity contribution in [3.05, 3.63) is 11.6 Å². The van der Waals surface area contributed by atoms with Crippen LogP contribution in [0.3, 0.4) is 0 Å². The van der Waals surface area contributed by atoms with Crippen LogP contribution < -0.4 is 5.32 Å². The Labute approximate surface area is 91.1 Å². The first kappa shape index (κ1) is 10.6. The third-order valence-corrected chi connectivity index (χ3v) is 3.03. The van der Waals surface area contributed by atoms with Crippen LogP contribution in [0, 0.1) is 6.92 Å². The lowest BCUT2D eigenvalue weighted by molar-refractivity contribution is 0.383. The van der Waals surface area contributed by atoms with Gasteiger partial charge in [0.15, 0.2) is 0 Å². The number of hydrogen-bond acceptors (Lipinski definition) is 3. The summed E-state index contributed by atoms with van der Waals surface area (Å²) in [6, 6.07) is 0.423. The molecular formula is C11H20N4. The maximum atomic E-state index is 4.31. The van der Waals surface area contributed by atoms with Crippen LogP contribution in [0.5, 0.6) is 0 Å². The fourth-order valence-electron chi connectivity index (χ4n) is 2.23. The van der Waals surface area contributed by atoms with E-state index < -0.39 is 0 Å². The van der Waals surface area contributed by atoms with Gasteiger partial charge in [0.1, 0.15) is 11.6 Å². The first-order valence-electron chi connectivity index (χ1n) is 5.96. The van der Waals surface area contributed by atoms with Gasteiger partial charge in [-0.1, -0.05) is 13.3 Å². The van der Waals surface area contributed by atoms with Gasteiger partial charge in [0.25, 0.3) is 0 Å². The summed E-state index contributed by atoms with van der Waals surface area (Å²) >= 11 is 0. The Bertz CT molecular complexity index is 312. The molecule has 1 aromatic heterocycles. The molecule has 0 bridgehead atoms. The van der Waals surface area contributed by atoms with E-state index in [0.29, 0.717) is 6.04 Å². The SMILES string of the molecule is CCCn1c(C)nnc1[C@@H]1CCCCN1. The first-order chi connectivity index (χ1) is 7.33. The van der Waals surface area contributed by atoms with Gasteiger partial charge < -0.3 is 9.88 Å². The molecule has 1 atom stereocenters. The second-order valence-electron chi connectivity index (χ2n) is 4.26. The monoisotopic (exact) mass is 208 g/mol. The highest BCUT2D eigenvalue weighted by Gasteiger charge is 2.20. The van der Waals surface area contributed by atoms with Gasteiger partial charge in [-0.15, -0.1) is 10.2 Å². The lowest BCUT2D eigenvalue weighted by Gasteiger charge is -2.23. The first-order valence-corrected chi connectivity index (χ1v) is 5.96. The van der Waals surface area contributed by atoms with Gasteiger partial charge in [-0.05, 0) is 32.7 Å². The van der Waals surface area contributed by atoms with Crippen LogP contribution in [-0.4, -0.2) is 21.3 Å². The van der Waals surface area contributed by atoms with Crippen LogP contribution >= 0.6 is 0 Å². The van der Waals surface area contributed by atoms with Gasteiger partial charge in [0.05, 0.1) is 6.04 Å². The van der Waals surface area contributed by atoms with Gasteiger partial charge in [0.2, 0.25) is 0 Å². The molecule has 4 nitrogen and oxygen atoms in total. The molecule has 84 valence electrons. The average molecular weight is 208 g/mol. The van der Waals surface area contributed by atoms with Crippen LogP contribution in [0.25, 0.3) is 0 Å². The Kier molecular flexibility index (Phi) is 3.36. The molecule has 0 radical (unpaired) electrons. The van der Waals surface area contributed by atoms with E-state index >= 15 is 0 Å². The molecule has 1 saturated heterocycles. The highest BCUT2D eigenvalue weighted by molar-refractivity contribution is 5.01. The lowest BCUT2D eigenvalue weighted by atomic mass is 10.0. The second kappa shape index (κ2) is 4.75. The van der Waals surface area contributed by atoms with E-state index in [9.17, 15) is 0 Å². The van der Waals surface area contributed by atoms with Crippen LogP contribution in [0.4, 0.5) is 0 Å². The van der Waals surface area contributed by atoms with E-state index in [1.807, 2.05) is 6.92 Å². The molecule has 2 heterocycles. The van der Waals surface area contributed by atoms with E-state index in [0.717, 1.165) is 31.2 Å². The molecule has 0 saturated carbocycles. The summed E-state index contributed by atoms with van der Waals surface area (Å²) in [6.07, 6.45) is 4.92. The summed E-state index contributed by atoms with van der Waals surface area (Å²) in [5.74, 6) is 2.17. The van der Waals surface area contributed by atoms with Crippen molar-refractivity contribution in [1.29, 1.82) is 0 Å². The minimum Gasteiger partial charge on any atom is -0.314 e. The Morgan fingerprint density at radius 3 is 2.93 bits per heavy atom. The van der Waals surface area contributed by atoms with Gasteiger partial charge in [-0.25, -0.2) is 0 Å². The molecule has 1 aliphatic heterocycles. The molecule has 0 aliphatic carbocycles. The van der Waals surface area contributed by atoms with E-state index in [2.05, 4.69) is 27.0 Å². The van der Waals surface area contributed by atoms with Gasteiger partial charge >= 0.3 is 0 Å². The minimum absolute atomic E-state index is 0.423. The second-order valence-corrected chi connectivity index (χ2v) is 4.26. The highest BCUT2D eigenvalue weighted by Crippen LogP contribution is 2.22. The normalized spacial score (nSPS) is 21.9. The smallest absolute Gasteiger partial charge is 0.150 e. The van der Waals surface area contributed by atoms with Gasteiger partial charge in [0, 0.05) is 6.54 Å². The molecule has 0 unspecified atom stereocenters. The maximum Gasteiger partial charge on any atom is 0.150 e. The van der Waals surface area contributed by atoms with Crippen molar-refractivity contribution < 1.29 is 0 Å². The zero-order valence-electron chi connectivity index (χ0n) is 9.66. The molecule has 2 rings (SSSR count). The minimum atomic E-state index is 0.423. The zero-order chi connectivity index (χ0) is 10.7. The number of nitrogens with one attached hydrogen (secondary N) is 1. The largest absolute Gasteiger partial charge is 0.314 e. The van der Waals surface area contributed by atoms with Crippen LogP contribution in [-0.2, 0) is 6.54 Å². The zero-order valence-corrected chi connectivity index (χ0v) is 9.66. The third kappa shape index (κ3) is 2.20. The van der Waals surface area contributed by atoms with E-state index in [1.165, 1.54) is 19.3 Å².